The van der Waals surface area contributed by atoms with E-state index in [2.05, 4.69) is 15.3 Å². The molecule has 0 spiro atoms. The van der Waals surface area contributed by atoms with Crippen LogP contribution in [-0.2, 0) is 22.4 Å². The Labute approximate surface area is 239 Å². The van der Waals surface area contributed by atoms with Crippen molar-refractivity contribution in [3.63, 3.8) is 0 Å². The molecule has 2 aromatic heterocycles. The van der Waals surface area contributed by atoms with Crippen molar-refractivity contribution in [2.24, 2.45) is 0 Å². The van der Waals surface area contributed by atoms with Gasteiger partial charge in [0.2, 0.25) is 0 Å². The molecule has 0 bridgehead atoms. The van der Waals surface area contributed by atoms with Gasteiger partial charge in [0.25, 0.3) is 5.91 Å². The summed E-state index contributed by atoms with van der Waals surface area (Å²) < 4.78 is 20.0. The average Bonchev–Trinajstić information content (AvgIpc) is 3.45. The first-order valence-corrected chi connectivity index (χ1v) is 13.8. The van der Waals surface area contributed by atoms with Crippen LogP contribution in [0, 0.1) is 12.7 Å². The Morgan fingerprint density at radius 2 is 1.73 bits per heavy atom. The minimum atomic E-state index is -0.366. The van der Waals surface area contributed by atoms with Crippen LogP contribution in [0.3, 0.4) is 0 Å². The standard InChI is InChI=1S/C33H34FN3O4/c1-3-5-26(38)6-4-14-36-33(40)25-19-31(37-21-25)32-20-29(13-15-35-32)41-28-10-8-23(9-11-28)17-27(39)18-24-16-22(2)7-12-30(24)34/h7-13,15-16,19-21,37H,3-6,14,17-18H2,1-2H3,(H,36,40). The molecule has 212 valence electrons. The van der Waals surface area contributed by atoms with Crippen LogP contribution in [0.25, 0.3) is 11.4 Å². The van der Waals surface area contributed by atoms with Crippen LogP contribution in [0.4, 0.5) is 4.39 Å². The number of rotatable bonds is 14. The molecule has 8 heteroatoms. The van der Waals surface area contributed by atoms with Crippen LogP contribution in [0.15, 0.2) is 73.1 Å². The van der Waals surface area contributed by atoms with E-state index >= 15 is 0 Å². The van der Waals surface area contributed by atoms with Crippen molar-refractivity contribution in [1.29, 1.82) is 0 Å². The van der Waals surface area contributed by atoms with Gasteiger partial charge in [-0.3, -0.25) is 19.4 Å². The number of ether oxygens (including phenoxy) is 1. The lowest BCUT2D eigenvalue weighted by Crippen LogP contribution is -2.24. The van der Waals surface area contributed by atoms with Gasteiger partial charge in [0.05, 0.1) is 17.0 Å². The highest BCUT2D eigenvalue weighted by Gasteiger charge is 2.12. The summed E-state index contributed by atoms with van der Waals surface area (Å²) in [6.45, 7) is 4.28. The highest BCUT2D eigenvalue weighted by molar-refractivity contribution is 5.95. The molecule has 0 atom stereocenters. The number of hydrogen-bond donors (Lipinski definition) is 2. The number of aromatic nitrogens is 2. The lowest BCUT2D eigenvalue weighted by Gasteiger charge is -2.08. The Bertz CT molecular complexity index is 1510. The molecule has 0 aliphatic heterocycles. The second kappa shape index (κ2) is 14.2. The molecule has 2 N–H and O–H groups in total. The molecule has 0 saturated carbocycles. The van der Waals surface area contributed by atoms with Gasteiger partial charge in [-0.15, -0.1) is 0 Å². The summed E-state index contributed by atoms with van der Waals surface area (Å²) in [7, 11) is 0. The van der Waals surface area contributed by atoms with Gasteiger partial charge >= 0.3 is 0 Å². The number of amides is 1. The van der Waals surface area contributed by atoms with E-state index in [0.29, 0.717) is 59.8 Å². The largest absolute Gasteiger partial charge is 0.457 e. The first kappa shape index (κ1) is 29.4. The van der Waals surface area contributed by atoms with Gasteiger partial charge in [0, 0.05) is 50.7 Å². The molecule has 1 amide bonds. The van der Waals surface area contributed by atoms with Crippen molar-refractivity contribution in [1.82, 2.24) is 15.3 Å². The molecule has 0 radical (unpaired) electrons. The van der Waals surface area contributed by atoms with Gasteiger partial charge in [0.1, 0.15) is 28.9 Å². The summed E-state index contributed by atoms with van der Waals surface area (Å²) >= 11 is 0. The Kier molecular flexibility index (Phi) is 10.2. The first-order chi connectivity index (χ1) is 19.8. The van der Waals surface area contributed by atoms with Crippen LogP contribution in [0.1, 0.15) is 59.7 Å². The predicted molar refractivity (Wildman–Crippen MR) is 156 cm³/mol. The summed E-state index contributed by atoms with van der Waals surface area (Å²) in [4.78, 5) is 44.1. The van der Waals surface area contributed by atoms with Crippen LogP contribution in [-0.4, -0.2) is 34.0 Å². The maximum absolute atomic E-state index is 14.0. The fourth-order valence-electron chi connectivity index (χ4n) is 4.44. The number of halogens is 1. The summed E-state index contributed by atoms with van der Waals surface area (Å²) in [6.07, 6.45) is 6.00. The highest BCUT2D eigenvalue weighted by Crippen LogP contribution is 2.26. The summed E-state index contributed by atoms with van der Waals surface area (Å²) in [6, 6.07) is 17.2. The number of carbonyl (C=O) groups excluding carboxylic acids is 3. The zero-order valence-corrected chi connectivity index (χ0v) is 23.3. The number of benzene rings is 2. The van der Waals surface area contributed by atoms with E-state index in [9.17, 15) is 18.8 Å². The summed E-state index contributed by atoms with van der Waals surface area (Å²) in [5, 5.41) is 2.84. The number of hydrogen-bond acceptors (Lipinski definition) is 5. The molecule has 4 aromatic rings. The lowest BCUT2D eigenvalue weighted by atomic mass is 10.0. The van der Waals surface area contributed by atoms with Crippen molar-refractivity contribution in [2.75, 3.05) is 6.54 Å². The third-order valence-corrected chi connectivity index (χ3v) is 6.55. The van der Waals surface area contributed by atoms with E-state index in [1.165, 1.54) is 6.07 Å². The Hall–Kier alpha value is -4.59. The van der Waals surface area contributed by atoms with E-state index < -0.39 is 0 Å². The lowest BCUT2D eigenvalue weighted by molar-refractivity contribution is -0.119. The minimum Gasteiger partial charge on any atom is -0.457 e. The molecule has 0 saturated heterocycles. The van der Waals surface area contributed by atoms with Gasteiger partial charge in [-0.25, -0.2) is 4.39 Å². The fourth-order valence-corrected chi connectivity index (χ4v) is 4.44. The molecule has 0 fully saturated rings. The highest BCUT2D eigenvalue weighted by atomic mass is 19.1. The maximum atomic E-state index is 14.0. The Balaban J connectivity index is 1.30. The number of Topliss-reactive ketones (excluding diaryl/α,β-unsaturated/α-hetero) is 2. The predicted octanol–water partition coefficient (Wildman–Crippen LogP) is 6.55. The maximum Gasteiger partial charge on any atom is 0.252 e. The molecule has 0 aliphatic rings. The molecule has 4 rings (SSSR count). The molecule has 2 heterocycles. The van der Waals surface area contributed by atoms with Crippen molar-refractivity contribution >= 4 is 17.5 Å². The van der Waals surface area contributed by atoms with E-state index in [1.807, 2.05) is 26.0 Å². The van der Waals surface area contributed by atoms with Crippen LogP contribution < -0.4 is 10.1 Å². The monoisotopic (exact) mass is 555 g/mol. The molecule has 7 nitrogen and oxygen atoms in total. The van der Waals surface area contributed by atoms with Crippen LogP contribution in [0.2, 0.25) is 0 Å². The van der Waals surface area contributed by atoms with Crippen molar-refractivity contribution < 1.29 is 23.5 Å². The number of nitrogens with one attached hydrogen (secondary N) is 2. The van der Waals surface area contributed by atoms with Crippen molar-refractivity contribution in [3.8, 4) is 22.9 Å². The van der Waals surface area contributed by atoms with Gasteiger partial charge in [-0.1, -0.05) is 36.8 Å². The van der Waals surface area contributed by atoms with Gasteiger partial charge in [-0.2, -0.15) is 0 Å². The zero-order valence-electron chi connectivity index (χ0n) is 23.3. The van der Waals surface area contributed by atoms with Gasteiger partial charge < -0.3 is 15.0 Å². The third kappa shape index (κ3) is 8.70. The van der Waals surface area contributed by atoms with E-state index in [-0.39, 0.29) is 36.1 Å². The number of aromatic amines is 1. The number of nitrogens with zero attached hydrogens (tertiary/aromatic N) is 1. The van der Waals surface area contributed by atoms with E-state index in [4.69, 9.17) is 4.74 Å². The summed E-state index contributed by atoms with van der Waals surface area (Å²) in [5.74, 6) is 0.721. The number of pyridine rings is 1. The fraction of sp³-hybridized carbons (Fsp3) is 0.273. The number of H-pyrrole nitrogens is 1. The molecule has 0 unspecified atom stereocenters. The average molecular weight is 556 g/mol. The van der Waals surface area contributed by atoms with E-state index in [0.717, 1.165) is 17.5 Å². The van der Waals surface area contributed by atoms with Crippen LogP contribution >= 0.6 is 0 Å². The Morgan fingerprint density at radius 3 is 2.51 bits per heavy atom. The van der Waals surface area contributed by atoms with E-state index in [1.54, 1.807) is 54.9 Å². The van der Waals surface area contributed by atoms with Crippen molar-refractivity contribution in [3.05, 3.63) is 101 Å². The molecule has 2 aromatic carbocycles. The molecular weight excluding hydrogens is 521 g/mol. The second-order valence-corrected chi connectivity index (χ2v) is 10.1. The Morgan fingerprint density at radius 1 is 0.927 bits per heavy atom. The molecule has 41 heavy (non-hydrogen) atoms. The topological polar surface area (TPSA) is 101 Å². The second-order valence-electron chi connectivity index (χ2n) is 10.1. The minimum absolute atomic E-state index is 0.0493. The normalized spacial score (nSPS) is 10.8. The first-order valence-electron chi connectivity index (χ1n) is 13.8. The smallest absolute Gasteiger partial charge is 0.252 e. The number of carbonyl (C=O) groups is 3. The van der Waals surface area contributed by atoms with Crippen molar-refractivity contribution in [2.45, 2.75) is 52.4 Å². The van der Waals surface area contributed by atoms with Crippen LogP contribution in [0.5, 0.6) is 11.5 Å². The zero-order chi connectivity index (χ0) is 29.2. The number of ketones is 2. The SMILES string of the molecule is CCCC(=O)CCCNC(=O)c1c[nH]c(-c2cc(Oc3ccc(CC(=O)Cc4cc(C)ccc4F)cc3)ccn2)c1. The quantitative estimate of drug-likeness (QED) is 0.172. The molecular formula is C33H34FN3O4. The number of aryl methyl sites for hydroxylation is 1. The third-order valence-electron chi connectivity index (χ3n) is 6.55. The summed E-state index contributed by atoms with van der Waals surface area (Å²) in [5.41, 5.74) is 3.89. The van der Waals surface area contributed by atoms with Gasteiger partial charge in [0.15, 0.2) is 0 Å². The van der Waals surface area contributed by atoms with Gasteiger partial charge in [-0.05, 0) is 61.2 Å². The molecule has 0 aliphatic carbocycles.